The standard InChI is InChI=1S/C19H36O2.C4H5NO2.C4H8/c1-3-4-5-6-7-8-9-10-11-12-13-14-15-16-17-18-19(20)21-2;6-3-1-2-4(7)5-3;1-4(2)3/h10-11H,3-9,12-18H2,1-2H3;1-2H2,(H,5,6,7);1H2,2-3H3/b11-10-;;. The summed E-state index contributed by atoms with van der Waals surface area (Å²) in [5, 5.41) is 2.14. The fraction of sp³-hybridized carbons (Fsp3) is 0.741. The summed E-state index contributed by atoms with van der Waals surface area (Å²) in [7, 11) is 1.46. The smallest absolute Gasteiger partial charge is 0.305 e. The highest BCUT2D eigenvalue weighted by Gasteiger charge is 2.15. The fourth-order valence-corrected chi connectivity index (χ4v) is 2.95. The van der Waals surface area contributed by atoms with Crippen LogP contribution in [0.4, 0.5) is 0 Å². The molecule has 1 fully saturated rings. The summed E-state index contributed by atoms with van der Waals surface area (Å²) in [5.74, 6) is -0.373. The molecular weight excluding hydrogens is 402 g/mol. The number of carbonyl (C=O) groups excluding carboxylic acids is 3. The molecule has 0 aromatic carbocycles. The van der Waals surface area contributed by atoms with E-state index in [-0.39, 0.29) is 17.8 Å². The molecule has 1 saturated heterocycles. The molecule has 1 aliphatic heterocycles. The van der Waals surface area contributed by atoms with E-state index in [0.717, 1.165) is 12.8 Å². The maximum atomic E-state index is 10.9. The quantitative estimate of drug-likeness (QED) is 0.124. The first-order valence-electron chi connectivity index (χ1n) is 12.5. The van der Waals surface area contributed by atoms with E-state index in [4.69, 9.17) is 0 Å². The molecular formula is C27H49NO4. The van der Waals surface area contributed by atoms with Crippen molar-refractivity contribution in [3.05, 3.63) is 24.3 Å². The molecule has 0 bridgehead atoms. The number of ether oxygens (including phenoxy) is 1. The van der Waals surface area contributed by atoms with Crippen molar-refractivity contribution in [3.63, 3.8) is 0 Å². The lowest BCUT2D eigenvalue weighted by Crippen LogP contribution is -2.18. The van der Waals surface area contributed by atoms with Gasteiger partial charge in [0.1, 0.15) is 0 Å². The Labute approximate surface area is 197 Å². The molecule has 1 N–H and O–H groups in total. The topological polar surface area (TPSA) is 72.5 Å². The van der Waals surface area contributed by atoms with Crippen LogP contribution in [-0.4, -0.2) is 24.9 Å². The highest BCUT2D eigenvalue weighted by Crippen LogP contribution is 2.10. The van der Waals surface area contributed by atoms with Crippen LogP contribution in [-0.2, 0) is 19.1 Å². The zero-order chi connectivity index (χ0) is 24.5. The van der Waals surface area contributed by atoms with Crippen molar-refractivity contribution < 1.29 is 19.1 Å². The van der Waals surface area contributed by atoms with E-state index in [1.54, 1.807) is 0 Å². The van der Waals surface area contributed by atoms with E-state index in [1.807, 2.05) is 13.8 Å². The third kappa shape index (κ3) is 30.3. The number of hydrogen-bond donors (Lipinski definition) is 1. The van der Waals surface area contributed by atoms with Crippen LogP contribution in [0.1, 0.15) is 124 Å². The Bertz CT molecular complexity index is 508. The highest BCUT2D eigenvalue weighted by atomic mass is 16.5. The molecule has 0 atom stereocenters. The molecule has 0 saturated carbocycles. The lowest BCUT2D eigenvalue weighted by Gasteiger charge is -2.00. The summed E-state index contributed by atoms with van der Waals surface area (Å²) >= 11 is 0. The minimum atomic E-state index is -0.148. The van der Waals surface area contributed by atoms with Crippen LogP contribution in [0, 0.1) is 0 Å². The van der Waals surface area contributed by atoms with E-state index in [9.17, 15) is 14.4 Å². The Morgan fingerprint density at radius 3 is 1.62 bits per heavy atom. The van der Waals surface area contributed by atoms with Crippen LogP contribution >= 0.6 is 0 Å². The van der Waals surface area contributed by atoms with Crippen molar-refractivity contribution in [1.29, 1.82) is 0 Å². The minimum absolute atomic E-state index is 0.0763. The molecule has 2 amide bonds. The van der Waals surface area contributed by atoms with Gasteiger partial charge in [0, 0.05) is 19.3 Å². The van der Waals surface area contributed by atoms with Gasteiger partial charge in [-0.3, -0.25) is 19.7 Å². The number of rotatable bonds is 15. The number of carbonyl (C=O) groups is 3. The van der Waals surface area contributed by atoms with Crippen LogP contribution in [0.2, 0.25) is 0 Å². The number of amides is 2. The first kappa shape index (κ1) is 32.3. The van der Waals surface area contributed by atoms with Crippen molar-refractivity contribution in [3.8, 4) is 0 Å². The molecule has 1 heterocycles. The first-order valence-corrected chi connectivity index (χ1v) is 12.5. The van der Waals surface area contributed by atoms with Crippen molar-refractivity contribution >= 4 is 17.8 Å². The first-order chi connectivity index (χ1) is 15.3. The average Bonchev–Trinajstić information content (AvgIpc) is 3.13. The number of esters is 1. The molecule has 0 radical (unpaired) electrons. The van der Waals surface area contributed by atoms with Crippen LogP contribution in [0.15, 0.2) is 24.3 Å². The molecule has 0 aromatic heterocycles. The Kier molecular flexibility index (Phi) is 25.6. The van der Waals surface area contributed by atoms with Crippen LogP contribution < -0.4 is 5.32 Å². The normalized spacial score (nSPS) is 12.5. The Morgan fingerprint density at radius 2 is 1.25 bits per heavy atom. The number of imide groups is 1. The van der Waals surface area contributed by atoms with Crippen LogP contribution in [0.5, 0.6) is 0 Å². The second-order valence-electron chi connectivity index (χ2n) is 8.59. The SMILES string of the molecule is C=C(C)C.CCCCCCCC/C=C\CCCCCCCC(=O)OC.O=C1CCC(=O)N1. The molecule has 5 heteroatoms. The predicted molar refractivity (Wildman–Crippen MR) is 134 cm³/mol. The summed E-state index contributed by atoms with van der Waals surface area (Å²) < 4.78 is 4.62. The summed E-state index contributed by atoms with van der Waals surface area (Å²) in [6.07, 6.45) is 22.7. The third-order valence-electron chi connectivity index (χ3n) is 4.73. The molecule has 0 spiro atoms. The van der Waals surface area contributed by atoms with E-state index in [2.05, 4.69) is 35.7 Å². The van der Waals surface area contributed by atoms with Crippen molar-refractivity contribution in [2.45, 2.75) is 124 Å². The Hall–Kier alpha value is -1.91. The molecule has 1 rings (SSSR count). The number of unbranched alkanes of at least 4 members (excludes halogenated alkanes) is 11. The third-order valence-corrected chi connectivity index (χ3v) is 4.73. The highest BCUT2D eigenvalue weighted by molar-refractivity contribution is 6.01. The van der Waals surface area contributed by atoms with E-state index in [0.29, 0.717) is 19.3 Å². The van der Waals surface area contributed by atoms with E-state index >= 15 is 0 Å². The Morgan fingerprint density at radius 1 is 0.844 bits per heavy atom. The molecule has 1 aliphatic rings. The average molecular weight is 452 g/mol. The summed E-state index contributed by atoms with van der Waals surface area (Å²) in [6.45, 7) is 9.77. The number of nitrogens with one attached hydrogen (secondary N) is 1. The largest absolute Gasteiger partial charge is 0.469 e. The van der Waals surface area contributed by atoms with Gasteiger partial charge in [0.25, 0.3) is 0 Å². The van der Waals surface area contributed by atoms with Gasteiger partial charge in [-0.05, 0) is 46.0 Å². The maximum Gasteiger partial charge on any atom is 0.305 e. The summed E-state index contributed by atoms with van der Waals surface area (Å²) in [6, 6.07) is 0. The molecule has 5 nitrogen and oxygen atoms in total. The van der Waals surface area contributed by atoms with Gasteiger partial charge in [-0.1, -0.05) is 76.0 Å². The van der Waals surface area contributed by atoms with Gasteiger partial charge in [0.05, 0.1) is 7.11 Å². The van der Waals surface area contributed by atoms with Crippen molar-refractivity contribution in [1.82, 2.24) is 5.32 Å². The fourth-order valence-electron chi connectivity index (χ4n) is 2.95. The van der Waals surface area contributed by atoms with Gasteiger partial charge in [-0.2, -0.15) is 0 Å². The van der Waals surface area contributed by atoms with Gasteiger partial charge in [0.15, 0.2) is 0 Å². The zero-order valence-corrected chi connectivity index (χ0v) is 21.3. The number of allylic oxidation sites excluding steroid dienone is 3. The summed E-state index contributed by atoms with van der Waals surface area (Å²) in [5.41, 5.74) is 1.17. The molecule has 186 valence electrons. The van der Waals surface area contributed by atoms with Crippen LogP contribution in [0.3, 0.4) is 0 Å². The second kappa shape index (κ2) is 25.4. The molecule has 0 unspecified atom stereocenters. The summed E-state index contributed by atoms with van der Waals surface area (Å²) in [4.78, 5) is 31.2. The van der Waals surface area contributed by atoms with Crippen molar-refractivity contribution in [2.75, 3.05) is 7.11 Å². The maximum absolute atomic E-state index is 10.9. The lowest BCUT2D eigenvalue weighted by molar-refractivity contribution is -0.140. The second-order valence-corrected chi connectivity index (χ2v) is 8.59. The minimum Gasteiger partial charge on any atom is -0.469 e. The van der Waals surface area contributed by atoms with Crippen LogP contribution in [0.25, 0.3) is 0 Å². The van der Waals surface area contributed by atoms with E-state index in [1.165, 1.54) is 83.3 Å². The number of hydrogen-bond acceptors (Lipinski definition) is 4. The van der Waals surface area contributed by atoms with Gasteiger partial charge >= 0.3 is 5.97 Å². The predicted octanol–water partition coefficient (Wildman–Crippen LogP) is 7.20. The van der Waals surface area contributed by atoms with Gasteiger partial charge in [-0.15, -0.1) is 6.58 Å². The molecule has 32 heavy (non-hydrogen) atoms. The number of methoxy groups -OCH3 is 1. The molecule has 0 aliphatic carbocycles. The Balaban J connectivity index is 0. The van der Waals surface area contributed by atoms with Crippen molar-refractivity contribution in [2.24, 2.45) is 0 Å². The van der Waals surface area contributed by atoms with Gasteiger partial charge in [0.2, 0.25) is 11.8 Å². The van der Waals surface area contributed by atoms with Gasteiger partial charge < -0.3 is 4.74 Å². The zero-order valence-electron chi connectivity index (χ0n) is 21.3. The molecule has 0 aromatic rings. The monoisotopic (exact) mass is 451 g/mol. The van der Waals surface area contributed by atoms with E-state index < -0.39 is 0 Å². The van der Waals surface area contributed by atoms with Gasteiger partial charge in [-0.25, -0.2) is 0 Å². The lowest BCUT2D eigenvalue weighted by atomic mass is 10.1.